The zero-order valence-electron chi connectivity index (χ0n) is 15.0. The van der Waals surface area contributed by atoms with Gasteiger partial charge in [-0.25, -0.2) is 16.8 Å². The van der Waals surface area contributed by atoms with E-state index in [4.69, 9.17) is 0 Å². The first-order valence-corrected chi connectivity index (χ1v) is 10.4. The molecule has 0 bridgehead atoms. The Morgan fingerprint density at radius 3 is 2.93 bits per heavy atom. The summed E-state index contributed by atoms with van der Waals surface area (Å²) >= 11 is 0. The molecule has 3 aromatic rings. The van der Waals surface area contributed by atoms with Gasteiger partial charge >= 0.3 is 0 Å². The lowest BCUT2D eigenvalue weighted by Gasteiger charge is -2.34. The van der Waals surface area contributed by atoms with Crippen molar-refractivity contribution in [1.82, 2.24) is 14.3 Å². The van der Waals surface area contributed by atoms with E-state index in [-0.39, 0.29) is 4.90 Å². The molecule has 0 saturated carbocycles. The number of fused-ring (bicyclic) bond motifs is 1. The lowest BCUT2D eigenvalue weighted by molar-refractivity contribution is 0.447. The Kier molecular flexibility index (Phi) is 4.61. The molecular weight excluding hydrogens is 367 g/mol. The molecule has 0 aliphatic carbocycles. The fraction of sp³-hybridized carbons (Fsp3) is 0.316. The van der Waals surface area contributed by atoms with E-state index in [9.17, 15) is 12.8 Å². The zero-order valence-corrected chi connectivity index (χ0v) is 15.8. The minimum absolute atomic E-state index is 0.0819. The van der Waals surface area contributed by atoms with E-state index in [1.165, 1.54) is 22.2 Å². The van der Waals surface area contributed by atoms with Crippen LogP contribution in [0.3, 0.4) is 0 Å². The van der Waals surface area contributed by atoms with Crippen molar-refractivity contribution in [3.8, 4) is 0 Å². The molecule has 4 rings (SSSR count). The Morgan fingerprint density at radius 1 is 1.30 bits per heavy atom. The van der Waals surface area contributed by atoms with Gasteiger partial charge in [0.25, 0.3) is 10.0 Å². The average molecular weight is 388 g/mol. The van der Waals surface area contributed by atoms with Crippen LogP contribution < -0.4 is 10.2 Å². The summed E-state index contributed by atoms with van der Waals surface area (Å²) in [7, 11) is -3.93. The second-order valence-corrected chi connectivity index (χ2v) is 8.46. The number of aromatic nitrogens is 2. The topological polar surface area (TPSA) is 67.2 Å². The SMILES string of the molecule is CC[C@@H]1CN(c2cn(S(=O)(=O)c3cccc(F)c3)c3cccnc23)CCN1. The third-order valence-electron chi connectivity index (χ3n) is 4.95. The molecule has 1 atom stereocenters. The predicted molar refractivity (Wildman–Crippen MR) is 103 cm³/mol. The zero-order chi connectivity index (χ0) is 19.0. The number of hydrogen-bond acceptors (Lipinski definition) is 5. The minimum atomic E-state index is -3.93. The van der Waals surface area contributed by atoms with Gasteiger partial charge in [0.1, 0.15) is 11.3 Å². The molecule has 0 amide bonds. The number of hydrogen-bond donors (Lipinski definition) is 1. The summed E-state index contributed by atoms with van der Waals surface area (Å²) in [5.41, 5.74) is 1.91. The minimum Gasteiger partial charge on any atom is -0.366 e. The van der Waals surface area contributed by atoms with Gasteiger partial charge in [0.15, 0.2) is 0 Å². The standard InChI is InChI=1S/C19H21FN4O2S/c1-2-15-12-23(10-9-21-15)18-13-24(17-7-4-8-22-19(17)18)27(25,26)16-6-3-5-14(20)11-16/h3-8,11,13,15,21H,2,9-10,12H2,1H3/t15-/m1/s1. The van der Waals surface area contributed by atoms with E-state index in [0.717, 1.165) is 37.8 Å². The maximum atomic E-state index is 13.6. The number of rotatable bonds is 4. The summed E-state index contributed by atoms with van der Waals surface area (Å²) in [5.74, 6) is -0.584. The lowest BCUT2D eigenvalue weighted by atomic mass is 10.1. The summed E-state index contributed by atoms with van der Waals surface area (Å²) in [6.45, 7) is 4.50. The molecule has 1 fully saturated rings. The Morgan fingerprint density at radius 2 is 2.15 bits per heavy atom. The van der Waals surface area contributed by atoms with Gasteiger partial charge < -0.3 is 10.2 Å². The van der Waals surface area contributed by atoms with E-state index in [0.29, 0.717) is 17.1 Å². The highest BCUT2D eigenvalue weighted by Crippen LogP contribution is 2.31. The normalized spacial score (nSPS) is 18.1. The van der Waals surface area contributed by atoms with Crippen molar-refractivity contribution in [3.05, 3.63) is 54.6 Å². The fourth-order valence-corrected chi connectivity index (χ4v) is 4.89. The van der Waals surface area contributed by atoms with Crippen molar-refractivity contribution in [2.45, 2.75) is 24.3 Å². The Balaban J connectivity index is 1.85. The van der Waals surface area contributed by atoms with Crippen LogP contribution in [0.15, 0.2) is 53.7 Å². The lowest BCUT2D eigenvalue weighted by Crippen LogP contribution is -2.50. The number of anilines is 1. The quantitative estimate of drug-likeness (QED) is 0.744. The molecule has 0 spiro atoms. The first-order valence-electron chi connectivity index (χ1n) is 8.96. The molecule has 142 valence electrons. The summed E-state index contributed by atoms with van der Waals surface area (Å²) in [4.78, 5) is 6.51. The van der Waals surface area contributed by atoms with Crippen LogP contribution in [0.5, 0.6) is 0 Å². The van der Waals surface area contributed by atoms with Gasteiger partial charge in [0.05, 0.1) is 16.1 Å². The van der Waals surface area contributed by atoms with E-state index >= 15 is 0 Å². The number of halogens is 1. The van der Waals surface area contributed by atoms with Gasteiger partial charge in [-0.15, -0.1) is 0 Å². The maximum Gasteiger partial charge on any atom is 0.268 e. The van der Waals surface area contributed by atoms with Crippen molar-refractivity contribution in [1.29, 1.82) is 0 Å². The number of nitrogens with one attached hydrogen (secondary N) is 1. The molecule has 1 aromatic carbocycles. The van der Waals surface area contributed by atoms with Crippen molar-refractivity contribution in [2.75, 3.05) is 24.5 Å². The van der Waals surface area contributed by atoms with Crippen LogP contribution in [0.1, 0.15) is 13.3 Å². The van der Waals surface area contributed by atoms with Crippen LogP contribution in [-0.4, -0.2) is 43.1 Å². The molecular formula is C19H21FN4O2S. The molecule has 8 heteroatoms. The summed E-state index contributed by atoms with van der Waals surface area (Å²) in [6, 6.07) is 8.84. The number of piperazine rings is 1. The van der Waals surface area contributed by atoms with E-state index in [1.54, 1.807) is 24.5 Å². The van der Waals surface area contributed by atoms with Gasteiger partial charge in [0, 0.05) is 38.1 Å². The van der Waals surface area contributed by atoms with Crippen molar-refractivity contribution >= 4 is 26.7 Å². The fourth-order valence-electron chi connectivity index (χ4n) is 3.50. The molecule has 6 nitrogen and oxygen atoms in total. The maximum absolute atomic E-state index is 13.6. The van der Waals surface area contributed by atoms with Crippen LogP contribution in [0.4, 0.5) is 10.1 Å². The first kappa shape index (κ1) is 17.9. The second kappa shape index (κ2) is 6.94. The molecule has 27 heavy (non-hydrogen) atoms. The van der Waals surface area contributed by atoms with Gasteiger partial charge in [-0.05, 0) is 36.8 Å². The van der Waals surface area contributed by atoms with Crippen molar-refractivity contribution in [3.63, 3.8) is 0 Å². The highest BCUT2D eigenvalue weighted by Gasteiger charge is 2.26. The smallest absolute Gasteiger partial charge is 0.268 e. The molecule has 2 aromatic heterocycles. The highest BCUT2D eigenvalue weighted by atomic mass is 32.2. The molecule has 3 heterocycles. The third kappa shape index (κ3) is 3.19. The Labute approximate surface area is 157 Å². The van der Waals surface area contributed by atoms with E-state index in [1.807, 2.05) is 0 Å². The van der Waals surface area contributed by atoms with Crippen LogP contribution >= 0.6 is 0 Å². The molecule has 1 aliphatic rings. The Hall–Kier alpha value is -2.45. The molecule has 0 radical (unpaired) electrons. The van der Waals surface area contributed by atoms with Gasteiger partial charge in [-0.3, -0.25) is 4.98 Å². The Bertz CT molecular complexity index is 1080. The number of nitrogens with zero attached hydrogens (tertiary/aromatic N) is 3. The van der Waals surface area contributed by atoms with E-state index in [2.05, 4.69) is 22.1 Å². The second-order valence-electron chi connectivity index (χ2n) is 6.65. The first-order chi connectivity index (χ1) is 13.0. The highest BCUT2D eigenvalue weighted by molar-refractivity contribution is 7.90. The molecule has 1 saturated heterocycles. The molecule has 1 N–H and O–H groups in total. The van der Waals surface area contributed by atoms with Gasteiger partial charge in [0.2, 0.25) is 0 Å². The van der Waals surface area contributed by atoms with Gasteiger partial charge in [-0.1, -0.05) is 13.0 Å². The monoisotopic (exact) mass is 388 g/mol. The largest absolute Gasteiger partial charge is 0.366 e. The summed E-state index contributed by atoms with van der Waals surface area (Å²) < 4.78 is 41.1. The van der Waals surface area contributed by atoms with Crippen molar-refractivity contribution < 1.29 is 12.8 Å². The molecule has 1 aliphatic heterocycles. The molecule has 0 unspecified atom stereocenters. The van der Waals surface area contributed by atoms with Crippen LogP contribution in [0, 0.1) is 5.82 Å². The number of pyridine rings is 1. The van der Waals surface area contributed by atoms with Crippen LogP contribution in [-0.2, 0) is 10.0 Å². The van der Waals surface area contributed by atoms with Crippen molar-refractivity contribution in [2.24, 2.45) is 0 Å². The predicted octanol–water partition coefficient (Wildman–Crippen LogP) is 2.60. The van der Waals surface area contributed by atoms with E-state index < -0.39 is 15.8 Å². The summed E-state index contributed by atoms with van der Waals surface area (Å²) in [6.07, 6.45) is 4.25. The van der Waals surface area contributed by atoms with Crippen LogP contribution in [0.2, 0.25) is 0 Å². The number of benzene rings is 1. The average Bonchev–Trinajstić information content (AvgIpc) is 3.08. The summed E-state index contributed by atoms with van der Waals surface area (Å²) in [5, 5.41) is 3.46. The van der Waals surface area contributed by atoms with Crippen LogP contribution in [0.25, 0.3) is 11.0 Å². The van der Waals surface area contributed by atoms with Gasteiger partial charge in [-0.2, -0.15) is 0 Å². The third-order valence-corrected chi connectivity index (χ3v) is 6.62.